The average Bonchev–Trinajstić information content (AvgIpc) is 2.55. The molecule has 1 heterocycles. The van der Waals surface area contributed by atoms with Gasteiger partial charge < -0.3 is 10.3 Å². The number of rotatable bonds is 4. The van der Waals surface area contributed by atoms with Crippen LogP contribution in [0.15, 0.2) is 18.2 Å². The summed E-state index contributed by atoms with van der Waals surface area (Å²) in [6, 6.07) is 5.99. The molecule has 0 saturated heterocycles. The lowest BCUT2D eigenvalue weighted by Gasteiger charge is -2.07. The standard InChI is InChI=1S/C14H19ClN2/c1-9(2)7-16-8-13-10(3)17-14-5-4-11(15)6-12(13)14/h4-6,9,16-17H,7-8H2,1-3H3. The summed E-state index contributed by atoms with van der Waals surface area (Å²) >= 11 is 6.05. The van der Waals surface area contributed by atoms with Crippen molar-refractivity contribution in [3.05, 3.63) is 34.5 Å². The third-order valence-corrected chi connectivity index (χ3v) is 3.17. The van der Waals surface area contributed by atoms with Crippen molar-refractivity contribution in [3.8, 4) is 0 Å². The summed E-state index contributed by atoms with van der Waals surface area (Å²) in [6.45, 7) is 8.47. The third-order valence-electron chi connectivity index (χ3n) is 2.94. The summed E-state index contributed by atoms with van der Waals surface area (Å²) in [5, 5.41) is 5.50. The van der Waals surface area contributed by atoms with E-state index in [1.807, 2.05) is 18.2 Å². The van der Waals surface area contributed by atoms with Gasteiger partial charge in [-0.1, -0.05) is 25.4 Å². The highest BCUT2D eigenvalue weighted by atomic mass is 35.5. The monoisotopic (exact) mass is 250 g/mol. The molecular formula is C14H19ClN2. The van der Waals surface area contributed by atoms with Crippen LogP contribution >= 0.6 is 11.6 Å². The molecule has 0 aliphatic rings. The van der Waals surface area contributed by atoms with E-state index < -0.39 is 0 Å². The molecule has 0 saturated carbocycles. The summed E-state index contributed by atoms with van der Waals surface area (Å²) in [6.07, 6.45) is 0. The molecule has 0 aliphatic carbocycles. The van der Waals surface area contributed by atoms with Crippen LogP contribution in [0.4, 0.5) is 0 Å². The fraction of sp³-hybridized carbons (Fsp3) is 0.429. The molecule has 2 nitrogen and oxygen atoms in total. The van der Waals surface area contributed by atoms with Crippen LogP contribution in [0.5, 0.6) is 0 Å². The van der Waals surface area contributed by atoms with Crippen LogP contribution in [-0.4, -0.2) is 11.5 Å². The van der Waals surface area contributed by atoms with Crippen molar-refractivity contribution in [2.75, 3.05) is 6.54 Å². The number of aromatic nitrogens is 1. The second-order valence-corrected chi connectivity index (χ2v) is 5.38. The van der Waals surface area contributed by atoms with Crippen LogP contribution in [0.3, 0.4) is 0 Å². The van der Waals surface area contributed by atoms with Crippen molar-refractivity contribution in [3.63, 3.8) is 0 Å². The van der Waals surface area contributed by atoms with E-state index in [-0.39, 0.29) is 0 Å². The molecule has 2 aromatic rings. The lowest BCUT2D eigenvalue weighted by molar-refractivity contribution is 0.552. The molecule has 0 bridgehead atoms. The quantitative estimate of drug-likeness (QED) is 0.847. The van der Waals surface area contributed by atoms with Crippen LogP contribution in [0.2, 0.25) is 5.02 Å². The predicted molar refractivity (Wildman–Crippen MR) is 74.6 cm³/mol. The predicted octanol–water partition coefficient (Wildman–Crippen LogP) is 3.88. The Morgan fingerprint density at radius 2 is 2.12 bits per heavy atom. The summed E-state index contributed by atoms with van der Waals surface area (Å²) < 4.78 is 0. The van der Waals surface area contributed by atoms with Gasteiger partial charge in [0.15, 0.2) is 0 Å². The topological polar surface area (TPSA) is 27.8 Å². The first-order valence-electron chi connectivity index (χ1n) is 6.05. The zero-order chi connectivity index (χ0) is 12.4. The van der Waals surface area contributed by atoms with E-state index in [0.717, 1.165) is 23.6 Å². The second kappa shape index (κ2) is 5.11. The highest BCUT2D eigenvalue weighted by molar-refractivity contribution is 6.31. The van der Waals surface area contributed by atoms with Crippen molar-refractivity contribution in [1.29, 1.82) is 0 Å². The van der Waals surface area contributed by atoms with Gasteiger partial charge in [0.05, 0.1) is 0 Å². The van der Waals surface area contributed by atoms with Gasteiger partial charge >= 0.3 is 0 Å². The van der Waals surface area contributed by atoms with Crippen LogP contribution in [-0.2, 0) is 6.54 Å². The van der Waals surface area contributed by atoms with Gasteiger partial charge in [-0.3, -0.25) is 0 Å². The number of hydrogen-bond acceptors (Lipinski definition) is 1. The third kappa shape index (κ3) is 2.82. The largest absolute Gasteiger partial charge is 0.358 e. The van der Waals surface area contributed by atoms with E-state index in [9.17, 15) is 0 Å². The number of H-pyrrole nitrogens is 1. The minimum atomic E-state index is 0.670. The molecular weight excluding hydrogens is 232 g/mol. The lowest BCUT2D eigenvalue weighted by Crippen LogP contribution is -2.19. The van der Waals surface area contributed by atoms with Gasteiger partial charge in [-0.25, -0.2) is 0 Å². The Bertz CT molecular complexity index is 514. The van der Waals surface area contributed by atoms with Crippen molar-refractivity contribution in [2.24, 2.45) is 5.92 Å². The van der Waals surface area contributed by atoms with Crippen LogP contribution in [0, 0.1) is 12.8 Å². The maximum atomic E-state index is 6.05. The molecule has 17 heavy (non-hydrogen) atoms. The van der Waals surface area contributed by atoms with E-state index in [1.54, 1.807) is 0 Å². The molecule has 0 aliphatic heterocycles. The Labute approximate surface area is 107 Å². The number of nitrogens with one attached hydrogen (secondary N) is 2. The van der Waals surface area contributed by atoms with Gasteiger partial charge in [0.1, 0.15) is 0 Å². The zero-order valence-corrected chi connectivity index (χ0v) is 11.4. The van der Waals surface area contributed by atoms with Crippen LogP contribution in [0.25, 0.3) is 10.9 Å². The van der Waals surface area contributed by atoms with Gasteiger partial charge in [-0.2, -0.15) is 0 Å². The van der Waals surface area contributed by atoms with E-state index in [1.165, 1.54) is 16.6 Å². The maximum Gasteiger partial charge on any atom is 0.0460 e. The molecule has 1 aromatic heterocycles. The molecule has 1 aromatic carbocycles. The van der Waals surface area contributed by atoms with E-state index in [2.05, 4.69) is 31.1 Å². The molecule has 0 amide bonds. The highest BCUT2D eigenvalue weighted by Crippen LogP contribution is 2.25. The molecule has 2 N–H and O–H groups in total. The number of hydrogen-bond donors (Lipinski definition) is 2. The summed E-state index contributed by atoms with van der Waals surface area (Å²) in [5.74, 6) is 0.670. The average molecular weight is 251 g/mol. The van der Waals surface area contributed by atoms with E-state index >= 15 is 0 Å². The summed E-state index contributed by atoms with van der Waals surface area (Å²) in [5.41, 5.74) is 3.70. The number of halogens is 1. The SMILES string of the molecule is Cc1[nH]c2ccc(Cl)cc2c1CNCC(C)C. The first-order chi connectivity index (χ1) is 8.08. The summed E-state index contributed by atoms with van der Waals surface area (Å²) in [4.78, 5) is 3.39. The first-order valence-corrected chi connectivity index (χ1v) is 6.43. The molecule has 92 valence electrons. The van der Waals surface area contributed by atoms with Crippen molar-refractivity contribution < 1.29 is 0 Å². The Hall–Kier alpha value is -0.990. The lowest BCUT2D eigenvalue weighted by atomic mass is 10.1. The Balaban J connectivity index is 2.26. The molecule has 0 fully saturated rings. The van der Waals surface area contributed by atoms with Crippen LogP contribution in [0.1, 0.15) is 25.1 Å². The van der Waals surface area contributed by atoms with Gasteiger partial charge in [-0.15, -0.1) is 0 Å². The molecule has 0 spiro atoms. The molecule has 2 rings (SSSR count). The highest BCUT2D eigenvalue weighted by Gasteiger charge is 2.08. The van der Waals surface area contributed by atoms with Crippen LogP contribution < -0.4 is 5.32 Å². The van der Waals surface area contributed by atoms with Crippen molar-refractivity contribution >= 4 is 22.5 Å². The molecule has 0 unspecified atom stereocenters. The fourth-order valence-electron chi connectivity index (χ4n) is 2.07. The first kappa shape index (κ1) is 12.5. The van der Waals surface area contributed by atoms with E-state index in [0.29, 0.717) is 5.92 Å². The Morgan fingerprint density at radius 3 is 2.82 bits per heavy atom. The number of benzene rings is 1. The van der Waals surface area contributed by atoms with Crippen molar-refractivity contribution in [1.82, 2.24) is 10.3 Å². The molecule has 3 heteroatoms. The minimum absolute atomic E-state index is 0.670. The Kier molecular flexibility index (Phi) is 3.75. The molecule has 0 atom stereocenters. The zero-order valence-electron chi connectivity index (χ0n) is 10.6. The number of aromatic amines is 1. The normalized spacial score (nSPS) is 11.6. The van der Waals surface area contributed by atoms with E-state index in [4.69, 9.17) is 11.6 Å². The second-order valence-electron chi connectivity index (χ2n) is 4.94. The number of aryl methyl sites for hydroxylation is 1. The fourth-order valence-corrected chi connectivity index (χ4v) is 2.24. The minimum Gasteiger partial charge on any atom is -0.358 e. The maximum absolute atomic E-state index is 6.05. The smallest absolute Gasteiger partial charge is 0.0460 e. The van der Waals surface area contributed by atoms with Gasteiger partial charge in [0.2, 0.25) is 0 Å². The Morgan fingerprint density at radius 1 is 1.35 bits per heavy atom. The van der Waals surface area contributed by atoms with Crippen molar-refractivity contribution in [2.45, 2.75) is 27.3 Å². The summed E-state index contributed by atoms with van der Waals surface area (Å²) in [7, 11) is 0. The van der Waals surface area contributed by atoms with Gasteiger partial charge in [0, 0.05) is 28.2 Å². The van der Waals surface area contributed by atoms with Gasteiger partial charge in [-0.05, 0) is 43.1 Å². The molecule has 0 radical (unpaired) electrons. The van der Waals surface area contributed by atoms with Gasteiger partial charge in [0.25, 0.3) is 0 Å². The number of fused-ring (bicyclic) bond motifs is 1.